The fourth-order valence-electron chi connectivity index (χ4n) is 5.10. The number of carbonyl (C=O) groups is 2. The summed E-state index contributed by atoms with van der Waals surface area (Å²) in [6, 6.07) is 16.8. The highest BCUT2D eigenvalue weighted by Crippen LogP contribution is 2.30. The van der Waals surface area contributed by atoms with E-state index in [1.165, 1.54) is 29.2 Å². The van der Waals surface area contributed by atoms with Crippen molar-refractivity contribution in [1.82, 2.24) is 10.2 Å². The maximum atomic E-state index is 14.2. The molecule has 0 heterocycles. The molecule has 0 radical (unpaired) electrons. The van der Waals surface area contributed by atoms with Crippen LogP contribution in [-0.4, -0.2) is 43.8 Å². The topological polar surface area (TPSA) is 86.8 Å². The molecule has 3 aromatic carbocycles. The van der Waals surface area contributed by atoms with Crippen molar-refractivity contribution >= 4 is 62.3 Å². The molecule has 1 aliphatic rings. The third-order valence-electron chi connectivity index (χ3n) is 7.57. The van der Waals surface area contributed by atoms with E-state index < -0.39 is 28.5 Å². The minimum absolute atomic E-state index is 0.0215. The van der Waals surface area contributed by atoms with Gasteiger partial charge in [-0.1, -0.05) is 78.3 Å². The van der Waals surface area contributed by atoms with Crippen LogP contribution in [0.25, 0.3) is 0 Å². The Morgan fingerprint density at radius 1 is 0.905 bits per heavy atom. The van der Waals surface area contributed by atoms with Crippen molar-refractivity contribution < 1.29 is 18.0 Å². The van der Waals surface area contributed by atoms with Crippen LogP contribution >= 0.6 is 34.8 Å². The predicted molar refractivity (Wildman–Crippen MR) is 169 cm³/mol. The number of benzene rings is 3. The van der Waals surface area contributed by atoms with Crippen LogP contribution in [0.2, 0.25) is 15.1 Å². The van der Waals surface area contributed by atoms with Gasteiger partial charge in [-0.15, -0.1) is 0 Å². The molecule has 1 atom stereocenters. The van der Waals surface area contributed by atoms with E-state index >= 15 is 0 Å². The monoisotopic (exact) mass is 649 g/mol. The molecule has 0 unspecified atom stereocenters. The molecule has 3 aromatic rings. The number of halogens is 3. The van der Waals surface area contributed by atoms with E-state index in [4.69, 9.17) is 34.8 Å². The van der Waals surface area contributed by atoms with E-state index in [0.29, 0.717) is 31.9 Å². The molecule has 0 bridgehead atoms. The first-order chi connectivity index (χ1) is 20.0. The van der Waals surface area contributed by atoms with Gasteiger partial charge < -0.3 is 10.2 Å². The van der Waals surface area contributed by atoms with Gasteiger partial charge in [-0.25, -0.2) is 8.42 Å². The number of rotatable bonds is 10. The number of carbonyl (C=O) groups excluding carboxylic acids is 2. The average molecular weight is 651 g/mol. The molecule has 11 heteroatoms. The minimum atomic E-state index is -4.21. The Balaban J connectivity index is 1.72. The summed E-state index contributed by atoms with van der Waals surface area (Å²) in [5, 5.41) is 4.14. The highest BCUT2D eigenvalue weighted by Gasteiger charge is 2.34. The summed E-state index contributed by atoms with van der Waals surface area (Å²) in [4.78, 5) is 28.9. The summed E-state index contributed by atoms with van der Waals surface area (Å²) in [6.07, 6.45) is 4.96. The van der Waals surface area contributed by atoms with Crippen molar-refractivity contribution in [2.75, 3.05) is 10.8 Å². The van der Waals surface area contributed by atoms with Gasteiger partial charge in [0.2, 0.25) is 11.8 Å². The van der Waals surface area contributed by atoms with Crippen molar-refractivity contribution in [1.29, 1.82) is 0 Å². The molecule has 0 spiro atoms. The Bertz CT molecular complexity index is 1510. The van der Waals surface area contributed by atoms with Crippen LogP contribution in [0.3, 0.4) is 0 Å². The maximum Gasteiger partial charge on any atom is 0.264 e. The van der Waals surface area contributed by atoms with Crippen molar-refractivity contribution in [3.05, 3.63) is 92.9 Å². The summed E-state index contributed by atoms with van der Waals surface area (Å²) in [6.45, 7) is 2.76. The Hall–Kier alpha value is -2.78. The number of nitrogens with one attached hydrogen (secondary N) is 1. The Morgan fingerprint density at radius 3 is 2.14 bits per heavy atom. The number of nitrogens with zero attached hydrogens (tertiary/aromatic N) is 2. The molecule has 1 N–H and O–H groups in total. The van der Waals surface area contributed by atoms with Crippen molar-refractivity contribution in [3.8, 4) is 0 Å². The molecule has 0 saturated heterocycles. The zero-order valence-electron chi connectivity index (χ0n) is 23.5. The van der Waals surface area contributed by atoms with Crippen LogP contribution in [0.15, 0.2) is 71.6 Å². The number of aryl methyl sites for hydroxylation is 1. The van der Waals surface area contributed by atoms with Crippen LogP contribution in [0.4, 0.5) is 5.69 Å². The van der Waals surface area contributed by atoms with Crippen molar-refractivity contribution in [2.24, 2.45) is 0 Å². The van der Waals surface area contributed by atoms with Gasteiger partial charge in [0.1, 0.15) is 12.6 Å². The lowest BCUT2D eigenvalue weighted by molar-refractivity contribution is -0.139. The summed E-state index contributed by atoms with van der Waals surface area (Å²) in [7, 11) is -4.21. The molecule has 1 saturated carbocycles. The lowest BCUT2D eigenvalue weighted by Crippen LogP contribution is -2.53. The molecular weight excluding hydrogens is 617 g/mol. The van der Waals surface area contributed by atoms with Gasteiger partial charge >= 0.3 is 0 Å². The molecule has 1 fully saturated rings. The van der Waals surface area contributed by atoms with Crippen LogP contribution < -0.4 is 9.62 Å². The summed E-state index contributed by atoms with van der Waals surface area (Å²) < 4.78 is 29.0. The molecule has 7 nitrogen and oxygen atoms in total. The first-order valence-electron chi connectivity index (χ1n) is 13.9. The third kappa shape index (κ3) is 7.59. The quantitative estimate of drug-likeness (QED) is 0.256. The number of anilines is 1. The second-order valence-corrected chi connectivity index (χ2v) is 13.6. The Labute approximate surface area is 262 Å². The molecule has 4 rings (SSSR count). The zero-order valence-corrected chi connectivity index (χ0v) is 26.6. The lowest BCUT2D eigenvalue weighted by Gasteiger charge is -2.34. The first kappa shape index (κ1) is 32.1. The Kier molecular flexibility index (Phi) is 10.8. The molecule has 0 aliphatic heterocycles. The number of sulfonamides is 1. The molecular formula is C31H34Cl3N3O4S. The van der Waals surface area contributed by atoms with E-state index in [1.807, 2.05) is 0 Å². The highest BCUT2D eigenvalue weighted by molar-refractivity contribution is 7.92. The van der Waals surface area contributed by atoms with Gasteiger partial charge in [-0.05, 0) is 74.7 Å². The van der Waals surface area contributed by atoms with Gasteiger partial charge in [-0.2, -0.15) is 0 Å². The number of amides is 2. The largest absolute Gasteiger partial charge is 0.352 e. The normalized spacial score (nSPS) is 14.7. The Morgan fingerprint density at radius 2 is 1.52 bits per heavy atom. The van der Waals surface area contributed by atoms with Crippen molar-refractivity contribution in [3.63, 3.8) is 0 Å². The number of para-hydroxylation sites is 1. The lowest BCUT2D eigenvalue weighted by atomic mass is 9.95. The highest BCUT2D eigenvalue weighted by atomic mass is 35.5. The summed E-state index contributed by atoms with van der Waals surface area (Å²) in [5.41, 5.74) is 1.47. The smallest absolute Gasteiger partial charge is 0.264 e. The van der Waals surface area contributed by atoms with Crippen molar-refractivity contribution in [2.45, 2.75) is 69.5 Å². The van der Waals surface area contributed by atoms with Gasteiger partial charge in [0.05, 0.1) is 10.6 Å². The standard InChI is InChI=1S/C31H34Cl3N3O4S/c1-21-9-6-7-14-29(21)37(42(40,41)25-17-15-23(32)16-18-25)20-30(38)36(19-26-27(33)12-8-13-28(26)34)22(2)31(39)35-24-10-4-3-5-11-24/h6-9,12-18,22,24H,3-5,10-11,19-20H2,1-2H3,(H,35,39)/t22-/m1/s1. The molecule has 2 amide bonds. The predicted octanol–water partition coefficient (Wildman–Crippen LogP) is 7.02. The zero-order chi connectivity index (χ0) is 30.4. The van der Waals surface area contributed by atoms with Gasteiger partial charge in [0.25, 0.3) is 10.0 Å². The maximum absolute atomic E-state index is 14.2. The van der Waals surface area contributed by atoms with E-state index in [0.717, 1.165) is 36.4 Å². The van der Waals surface area contributed by atoms with Gasteiger partial charge in [-0.3, -0.25) is 13.9 Å². The summed E-state index contributed by atoms with van der Waals surface area (Å²) >= 11 is 18.9. The van der Waals surface area contributed by atoms with Gasteiger partial charge in [0, 0.05) is 33.2 Å². The van der Waals surface area contributed by atoms with E-state index in [1.54, 1.807) is 56.3 Å². The molecule has 224 valence electrons. The van der Waals surface area contributed by atoms with E-state index in [2.05, 4.69) is 5.32 Å². The van der Waals surface area contributed by atoms with Crippen LogP contribution in [0.1, 0.15) is 50.2 Å². The van der Waals surface area contributed by atoms with Crippen LogP contribution in [0.5, 0.6) is 0 Å². The first-order valence-corrected chi connectivity index (χ1v) is 16.4. The fourth-order valence-corrected chi connectivity index (χ4v) is 7.22. The molecule has 42 heavy (non-hydrogen) atoms. The fraction of sp³-hybridized carbons (Fsp3) is 0.355. The number of hydrogen-bond acceptors (Lipinski definition) is 4. The second-order valence-electron chi connectivity index (χ2n) is 10.5. The second kappa shape index (κ2) is 14.1. The third-order valence-corrected chi connectivity index (χ3v) is 10.3. The summed E-state index contributed by atoms with van der Waals surface area (Å²) in [5.74, 6) is -0.903. The van der Waals surface area contributed by atoms with Crippen LogP contribution in [-0.2, 0) is 26.2 Å². The minimum Gasteiger partial charge on any atom is -0.352 e. The average Bonchev–Trinajstić information content (AvgIpc) is 2.96. The van der Waals surface area contributed by atoms with E-state index in [-0.39, 0.29) is 23.4 Å². The SMILES string of the molecule is Cc1ccccc1N(CC(=O)N(Cc1c(Cl)cccc1Cl)[C@H](C)C(=O)NC1CCCCC1)S(=O)(=O)c1ccc(Cl)cc1. The van der Waals surface area contributed by atoms with Crippen LogP contribution in [0, 0.1) is 6.92 Å². The molecule has 0 aromatic heterocycles. The molecule has 1 aliphatic carbocycles. The van der Waals surface area contributed by atoms with E-state index in [9.17, 15) is 18.0 Å². The number of hydrogen-bond donors (Lipinski definition) is 1. The van der Waals surface area contributed by atoms with Gasteiger partial charge in [0.15, 0.2) is 0 Å².